The summed E-state index contributed by atoms with van der Waals surface area (Å²) >= 11 is 5.11. The molecule has 1 aromatic heterocycles. The zero-order valence-electron chi connectivity index (χ0n) is 9.55. The van der Waals surface area contributed by atoms with Crippen LogP contribution >= 0.6 is 12.2 Å². The first kappa shape index (κ1) is 11.6. The van der Waals surface area contributed by atoms with Crippen molar-refractivity contribution in [3.63, 3.8) is 0 Å². The molecular formula is C12H14N4S. The molecule has 0 bridgehead atoms. The standard InChI is InChI=1S/C12H14N4S/c1-2-13-12(17)15-10-4-6-11(7-5-10)16-9-3-8-14-16/h3-9H,2H2,1H3,(H2,13,15,17). The Morgan fingerprint density at radius 2 is 2.12 bits per heavy atom. The Morgan fingerprint density at radius 3 is 2.71 bits per heavy atom. The van der Waals surface area contributed by atoms with Gasteiger partial charge in [0.15, 0.2) is 5.11 Å². The van der Waals surface area contributed by atoms with Crippen molar-refractivity contribution in [2.24, 2.45) is 0 Å². The van der Waals surface area contributed by atoms with Gasteiger partial charge in [-0.3, -0.25) is 0 Å². The molecule has 1 aromatic carbocycles. The lowest BCUT2D eigenvalue weighted by Gasteiger charge is -2.09. The summed E-state index contributed by atoms with van der Waals surface area (Å²) in [5.41, 5.74) is 1.99. The molecule has 4 nitrogen and oxygen atoms in total. The van der Waals surface area contributed by atoms with Crippen molar-refractivity contribution in [3.05, 3.63) is 42.7 Å². The Balaban J connectivity index is 2.06. The summed E-state index contributed by atoms with van der Waals surface area (Å²) in [6, 6.07) is 9.82. The first-order chi connectivity index (χ1) is 8.29. The maximum atomic E-state index is 5.11. The van der Waals surface area contributed by atoms with Gasteiger partial charge in [-0.15, -0.1) is 0 Å². The zero-order chi connectivity index (χ0) is 12.1. The fourth-order valence-corrected chi connectivity index (χ4v) is 1.72. The van der Waals surface area contributed by atoms with Crippen molar-refractivity contribution in [1.29, 1.82) is 0 Å². The minimum Gasteiger partial charge on any atom is -0.363 e. The van der Waals surface area contributed by atoms with E-state index in [1.165, 1.54) is 0 Å². The Kier molecular flexibility index (Phi) is 3.72. The van der Waals surface area contributed by atoms with Gasteiger partial charge >= 0.3 is 0 Å². The van der Waals surface area contributed by atoms with Gasteiger partial charge in [0.1, 0.15) is 0 Å². The van der Waals surface area contributed by atoms with E-state index in [-0.39, 0.29) is 0 Å². The van der Waals surface area contributed by atoms with Gasteiger partial charge < -0.3 is 10.6 Å². The van der Waals surface area contributed by atoms with Crippen LogP contribution in [0.1, 0.15) is 6.92 Å². The highest BCUT2D eigenvalue weighted by Crippen LogP contribution is 2.12. The summed E-state index contributed by atoms with van der Waals surface area (Å²) in [6.07, 6.45) is 3.66. The molecule has 0 radical (unpaired) electrons. The van der Waals surface area contributed by atoms with E-state index in [1.807, 2.05) is 48.1 Å². The van der Waals surface area contributed by atoms with Crippen LogP contribution in [0.5, 0.6) is 0 Å². The van der Waals surface area contributed by atoms with E-state index in [0.29, 0.717) is 5.11 Å². The number of rotatable bonds is 3. The Hall–Kier alpha value is -1.88. The summed E-state index contributed by atoms with van der Waals surface area (Å²) in [5.74, 6) is 0. The van der Waals surface area contributed by atoms with Gasteiger partial charge in [0.2, 0.25) is 0 Å². The molecule has 0 aliphatic carbocycles. The number of nitrogens with one attached hydrogen (secondary N) is 2. The molecule has 17 heavy (non-hydrogen) atoms. The molecule has 0 aliphatic rings. The summed E-state index contributed by atoms with van der Waals surface area (Å²) < 4.78 is 1.81. The lowest BCUT2D eigenvalue weighted by molar-refractivity contribution is 0.881. The number of anilines is 1. The maximum absolute atomic E-state index is 5.11. The van der Waals surface area contributed by atoms with Crippen molar-refractivity contribution in [3.8, 4) is 5.69 Å². The third-order valence-corrected chi connectivity index (χ3v) is 2.48. The molecule has 0 amide bonds. The van der Waals surface area contributed by atoms with Crippen molar-refractivity contribution in [2.75, 3.05) is 11.9 Å². The molecule has 1 heterocycles. The Morgan fingerprint density at radius 1 is 1.35 bits per heavy atom. The SMILES string of the molecule is CCNC(=S)Nc1ccc(-n2cccn2)cc1. The van der Waals surface area contributed by atoms with Crippen LogP contribution in [0.15, 0.2) is 42.7 Å². The molecular weight excluding hydrogens is 232 g/mol. The molecule has 0 aliphatic heterocycles. The number of hydrogen-bond donors (Lipinski definition) is 2. The van der Waals surface area contributed by atoms with Crippen LogP contribution in [-0.2, 0) is 0 Å². The number of nitrogens with zero attached hydrogens (tertiary/aromatic N) is 2. The summed E-state index contributed by atoms with van der Waals surface area (Å²) in [6.45, 7) is 2.83. The van der Waals surface area contributed by atoms with Crippen molar-refractivity contribution >= 4 is 23.0 Å². The number of aromatic nitrogens is 2. The number of benzene rings is 1. The summed E-state index contributed by atoms with van der Waals surface area (Å²) in [5, 5.41) is 10.9. The molecule has 88 valence electrons. The van der Waals surface area contributed by atoms with Gasteiger partial charge in [0.25, 0.3) is 0 Å². The van der Waals surface area contributed by atoms with Crippen LogP contribution in [0.4, 0.5) is 5.69 Å². The molecule has 2 N–H and O–H groups in total. The number of thiocarbonyl (C=S) groups is 1. The predicted molar refractivity (Wildman–Crippen MR) is 73.5 cm³/mol. The van der Waals surface area contributed by atoms with E-state index < -0.39 is 0 Å². The molecule has 2 aromatic rings. The second-order valence-electron chi connectivity index (χ2n) is 3.48. The van der Waals surface area contributed by atoms with Gasteiger partial charge in [0, 0.05) is 24.6 Å². The van der Waals surface area contributed by atoms with Gasteiger partial charge in [-0.05, 0) is 49.5 Å². The molecule has 0 saturated heterocycles. The van der Waals surface area contributed by atoms with Crippen molar-refractivity contribution < 1.29 is 0 Å². The normalized spacial score (nSPS) is 9.94. The van der Waals surface area contributed by atoms with E-state index in [2.05, 4.69) is 15.7 Å². The van der Waals surface area contributed by atoms with Crippen LogP contribution in [0, 0.1) is 0 Å². The van der Waals surface area contributed by atoms with Crippen molar-refractivity contribution in [2.45, 2.75) is 6.92 Å². The molecule has 0 atom stereocenters. The number of hydrogen-bond acceptors (Lipinski definition) is 2. The highest BCUT2D eigenvalue weighted by Gasteiger charge is 1.98. The van der Waals surface area contributed by atoms with E-state index in [9.17, 15) is 0 Å². The van der Waals surface area contributed by atoms with E-state index in [1.54, 1.807) is 6.20 Å². The smallest absolute Gasteiger partial charge is 0.170 e. The second-order valence-corrected chi connectivity index (χ2v) is 3.89. The van der Waals surface area contributed by atoms with Gasteiger partial charge in [-0.25, -0.2) is 4.68 Å². The van der Waals surface area contributed by atoms with Crippen LogP contribution in [0.2, 0.25) is 0 Å². The quantitative estimate of drug-likeness (QED) is 0.815. The fourth-order valence-electron chi connectivity index (χ4n) is 1.45. The molecule has 2 rings (SSSR count). The lowest BCUT2D eigenvalue weighted by atomic mass is 10.3. The van der Waals surface area contributed by atoms with Gasteiger partial charge in [-0.2, -0.15) is 5.10 Å². The van der Waals surface area contributed by atoms with E-state index in [0.717, 1.165) is 17.9 Å². The lowest BCUT2D eigenvalue weighted by Crippen LogP contribution is -2.27. The highest BCUT2D eigenvalue weighted by molar-refractivity contribution is 7.80. The van der Waals surface area contributed by atoms with E-state index in [4.69, 9.17) is 12.2 Å². The third-order valence-electron chi connectivity index (χ3n) is 2.23. The summed E-state index contributed by atoms with van der Waals surface area (Å²) in [7, 11) is 0. The first-order valence-electron chi connectivity index (χ1n) is 5.44. The molecule has 5 heteroatoms. The maximum Gasteiger partial charge on any atom is 0.170 e. The fraction of sp³-hybridized carbons (Fsp3) is 0.167. The Bertz CT molecular complexity index is 476. The highest BCUT2D eigenvalue weighted by atomic mass is 32.1. The first-order valence-corrected chi connectivity index (χ1v) is 5.85. The molecule has 0 saturated carbocycles. The van der Waals surface area contributed by atoms with Gasteiger partial charge in [-0.1, -0.05) is 0 Å². The monoisotopic (exact) mass is 246 g/mol. The van der Waals surface area contributed by atoms with Crippen LogP contribution < -0.4 is 10.6 Å². The average molecular weight is 246 g/mol. The van der Waals surface area contributed by atoms with Crippen LogP contribution in [-0.4, -0.2) is 21.4 Å². The zero-order valence-corrected chi connectivity index (χ0v) is 10.4. The Labute approximate surface area is 106 Å². The average Bonchev–Trinajstić information content (AvgIpc) is 2.84. The third kappa shape index (κ3) is 3.04. The van der Waals surface area contributed by atoms with Gasteiger partial charge in [0.05, 0.1) is 5.69 Å². The molecule has 0 fully saturated rings. The minimum absolute atomic E-state index is 0.638. The van der Waals surface area contributed by atoms with Crippen LogP contribution in [0.25, 0.3) is 5.69 Å². The largest absolute Gasteiger partial charge is 0.363 e. The van der Waals surface area contributed by atoms with Crippen molar-refractivity contribution in [1.82, 2.24) is 15.1 Å². The predicted octanol–water partition coefficient (Wildman–Crippen LogP) is 2.18. The van der Waals surface area contributed by atoms with E-state index >= 15 is 0 Å². The molecule has 0 spiro atoms. The topological polar surface area (TPSA) is 41.9 Å². The second kappa shape index (κ2) is 5.45. The molecule has 0 unspecified atom stereocenters. The van der Waals surface area contributed by atoms with Crippen LogP contribution in [0.3, 0.4) is 0 Å². The summed E-state index contributed by atoms with van der Waals surface area (Å²) in [4.78, 5) is 0. The minimum atomic E-state index is 0.638.